The lowest BCUT2D eigenvalue weighted by Crippen LogP contribution is -2.39. The van der Waals surface area contributed by atoms with Gasteiger partial charge in [-0.2, -0.15) is 0 Å². The summed E-state index contributed by atoms with van der Waals surface area (Å²) in [4.78, 5) is 0. The van der Waals surface area contributed by atoms with Crippen LogP contribution >= 0.6 is 0 Å². The first-order valence-corrected chi connectivity index (χ1v) is 6.66. The highest BCUT2D eigenvalue weighted by atomic mass is 16.5. The van der Waals surface area contributed by atoms with E-state index in [2.05, 4.69) is 19.2 Å². The second-order valence-corrected chi connectivity index (χ2v) is 5.21. The second kappa shape index (κ2) is 5.31. The maximum Gasteiger partial charge on any atom is 0.0590 e. The number of rotatable bonds is 6. The molecule has 0 spiro atoms. The Labute approximate surface area is 93.8 Å². The molecule has 0 radical (unpaired) electrons. The zero-order chi connectivity index (χ0) is 10.7. The van der Waals surface area contributed by atoms with Crippen molar-refractivity contribution in [1.82, 2.24) is 5.32 Å². The van der Waals surface area contributed by atoms with Gasteiger partial charge in [-0.3, -0.25) is 0 Å². The maximum atomic E-state index is 5.68. The molecule has 15 heavy (non-hydrogen) atoms. The van der Waals surface area contributed by atoms with Gasteiger partial charge < -0.3 is 10.1 Å². The summed E-state index contributed by atoms with van der Waals surface area (Å²) in [6, 6.07) is 0.702. The first kappa shape index (κ1) is 11.4. The molecule has 3 unspecified atom stereocenters. The molecule has 3 atom stereocenters. The van der Waals surface area contributed by atoms with Gasteiger partial charge in [-0.25, -0.2) is 0 Å². The molecule has 2 rings (SSSR count). The van der Waals surface area contributed by atoms with Gasteiger partial charge in [-0.1, -0.05) is 19.8 Å². The van der Waals surface area contributed by atoms with E-state index in [4.69, 9.17) is 4.74 Å². The minimum atomic E-state index is 0.466. The van der Waals surface area contributed by atoms with Gasteiger partial charge >= 0.3 is 0 Å². The lowest BCUT2D eigenvalue weighted by molar-refractivity contribution is 0.0940. The molecular formula is C13H25NO. The minimum absolute atomic E-state index is 0.466. The Balaban J connectivity index is 1.79. The maximum absolute atomic E-state index is 5.68. The summed E-state index contributed by atoms with van der Waals surface area (Å²) in [6.07, 6.45) is 7.47. The summed E-state index contributed by atoms with van der Waals surface area (Å²) in [6.45, 7) is 6.51. The molecule has 2 heteroatoms. The van der Waals surface area contributed by atoms with Crippen LogP contribution in [0, 0.1) is 11.8 Å². The fraction of sp³-hybridized carbons (Fsp3) is 1.00. The van der Waals surface area contributed by atoms with Gasteiger partial charge in [0.2, 0.25) is 0 Å². The van der Waals surface area contributed by atoms with Crippen molar-refractivity contribution in [3.63, 3.8) is 0 Å². The molecule has 0 bridgehead atoms. The van der Waals surface area contributed by atoms with E-state index in [0.717, 1.165) is 25.0 Å². The lowest BCUT2D eigenvalue weighted by atomic mass is 9.89. The Morgan fingerprint density at radius 1 is 1.33 bits per heavy atom. The van der Waals surface area contributed by atoms with Gasteiger partial charge in [0.25, 0.3) is 0 Å². The van der Waals surface area contributed by atoms with Crippen molar-refractivity contribution in [2.75, 3.05) is 13.2 Å². The monoisotopic (exact) mass is 211 g/mol. The van der Waals surface area contributed by atoms with E-state index in [1.54, 1.807) is 0 Å². The molecule has 0 aromatic heterocycles. The number of nitrogens with one attached hydrogen (secondary N) is 1. The third-order valence-corrected chi connectivity index (χ3v) is 4.00. The molecule has 0 aromatic carbocycles. The average molecular weight is 211 g/mol. The number of ether oxygens (including phenoxy) is 1. The van der Waals surface area contributed by atoms with E-state index in [-0.39, 0.29) is 0 Å². The van der Waals surface area contributed by atoms with Crippen LogP contribution in [-0.2, 0) is 4.74 Å². The zero-order valence-electron chi connectivity index (χ0n) is 10.2. The molecule has 1 saturated carbocycles. The van der Waals surface area contributed by atoms with Crippen molar-refractivity contribution < 1.29 is 4.74 Å². The van der Waals surface area contributed by atoms with E-state index in [1.807, 2.05) is 0 Å². The first-order chi connectivity index (χ1) is 7.31. The Bertz CT molecular complexity index is 191. The average Bonchev–Trinajstić information content (AvgIpc) is 2.96. The Hall–Kier alpha value is -0.0800. The SMILES string of the molecule is CCNC(CCC1CC1)C1CCOC1C. The molecule has 1 aliphatic carbocycles. The van der Waals surface area contributed by atoms with Crippen LogP contribution in [0.3, 0.4) is 0 Å². The summed E-state index contributed by atoms with van der Waals surface area (Å²) in [5.41, 5.74) is 0. The summed E-state index contributed by atoms with van der Waals surface area (Å²) in [5.74, 6) is 1.81. The smallest absolute Gasteiger partial charge is 0.0590 e. The molecule has 88 valence electrons. The van der Waals surface area contributed by atoms with Crippen LogP contribution in [0.15, 0.2) is 0 Å². The van der Waals surface area contributed by atoms with Crippen LogP contribution in [-0.4, -0.2) is 25.3 Å². The third-order valence-electron chi connectivity index (χ3n) is 4.00. The zero-order valence-corrected chi connectivity index (χ0v) is 10.2. The van der Waals surface area contributed by atoms with Gasteiger partial charge in [-0.15, -0.1) is 0 Å². The molecular weight excluding hydrogens is 186 g/mol. The predicted octanol–water partition coefficient (Wildman–Crippen LogP) is 2.58. The number of hydrogen-bond donors (Lipinski definition) is 1. The fourth-order valence-corrected chi connectivity index (χ4v) is 2.83. The van der Waals surface area contributed by atoms with Gasteiger partial charge in [0.1, 0.15) is 0 Å². The standard InChI is InChI=1S/C13H25NO/c1-3-14-13(7-6-11-4-5-11)12-8-9-15-10(12)2/h10-14H,3-9H2,1-2H3. The Kier molecular flexibility index (Phi) is 4.04. The van der Waals surface area contributed by atoms with Gasteiger partial charge in [0, 0.05) is 18.6 Å². The summed E-state index contributed by atoms with van der Waals surface area (Å²) >= 11 is 0. The second-order valence-electron chi connectivity index (χ2n) is 5.21. The highest BCUT2D eigenvalue weighted by molar-refractivity contribution is 4.86. The summed E-state index contributed by atoms with van der Waals surface area (Å²) in [5, 5.41) is 3.66. The topological polar surface area (TPSA) is 21.3 Å². The van der Waals surface area contributed by atoms with Crippen LogP contribution < -0.4 is 5.32 Å². The Morgan fingerprint density at radius 3 is 2.67 bits per heavy atom. The first-order valence-electron chi connectivity index (χ1n) is 6.66. The van der Waals surface area contributed by atoms with Crippen molar-refractivity contribution in [3.05, 3.63) is 0 Å². The molecule has 1 saturated heterocycles. The molecule has 2 nitrogen and oxygen atoms in total. The van der Waals surface area contributed by atoms with Gasteiger partial charge in [0.15, 0.2) is 0 Å². The summed E-state index contributed by atoms with van der Waals surface area (Å²) in [7, 11) is 0. The van der Waals surface area contributed by atoms with Crippen molar-refractivity contribution >= 4 is 0 Å². The molecule has 2 fully saturated rings. The third kappa shape index (κ3) is 3.18. The normalized spacial score (nSPS) is 33.2. The molecule has 0 amide bonds. The van der Waals surface area contributed by atoms with Crippen molar-refractivity contribution in [3.8, 4) is 0 Å². The van der Waals surface area contributed by atoms with E-state index in [9.17, 15) is 0 Å². The molecule has 2 aliphatic rings. The van der Waals surface area contributed by atoms with Crippen molar-refractivity contribution in [2.24, 2.45) is 11.8 Å². The summed E-state index contributed by atoms with van der Waals surface area (Å²) < 4.78 is 5.68. The van der Waals surface area contributed by atoms with Crippen LogP contribution in [0.25, 0.3) is 0 Å². The van der Waals surface area contributed by atoms with Crippen LogP contribution in [0.5, 0.6) is 0 Å². The lowest BCUT2D eigenvalue weighted by Gasteiger charge is -2.26. The highest BCUT2D eigenvalue weighted by Crippen LogP contribution is 2.35. The minimum Gasteiger partial charge on any atom is -0.378 e. The van der Waals surface area contributed by atoms with E-state index in [0.29, 0.717) is 12.1 Å². The van der Waals surface area contributed by atoms with Crippen molar-refractivity contribution in [1.29, 1.82) is 0 Å². The molecule has 1 aliphatic heterocycles. The van der Waals surface area contributed by atoms with Gasteiger partial charge in [0.05, 0.1) is 6.10 Å². The van der Waals surface area contributed by atoms with Crippen LogP contribution in [0.4, 0.5) is 0 Å². The van der Waals surface area contributed by atoms with Crippen LogP contribution in [0.2, 0.25) is 0 Å². The van der Waals surface area contributed by atoms with Gasteiger partial charge in [-0.05, 0) is 38.6 Å². The van der Waals surface area contributed by atoms with Crippen LogP contribution in [0.1, 0.15) is 46.0 Å². The van der Waals surface area contributed by atoms with E-state index < -0.39 is 0 Å². The number of hydrogen-bond acceptors (Lipinski definition) is 2. The molecule has 0 aromatic rings. The molecule has 1 heterocycles. The Morgan fingerprint density at radius 2 is 2.13 bits per heavy atom. The highest BCUT2D eigenvalue weighted by Gasteiger charge is 2.32. The molecule has 1 N–H and O–H groups in total. The fourth-order valence-electron chi connectivity index (χ4n) is 2.83. The van der Waals surface area contributed by atoms with Crippen molar-refractivity contribution in [2.45, 2.75) is 58.1 Å². The van der Waals surface area contributed by atoms with E-state index >= 15 is 0 Å². The quantitative estimate of drug-likeness (QED) is 0.729. The largest absolute Gasteiger partial charge is 0.378 e. The van der Waals surface area contributed by atoms with E-state index in [1.165, 1.54) is 32.1 Å². The predicted molar refractivity (Wildman–Crippen MR) is 62.9 cm³/mol.